The van der Waals surface area contributed by atoms with E-state index in [9.17, 15) is 4.79 Å². The van der Waals surface area contributed by atoms with Gasteiger partial charge in [-0.25, -0.2) is 9.78 Å². The normalized spacial score (nSPS) is 18.0. The number of hydrogen-bond donors (Lipinski definition) is 1. The molecule has 1 aromatic carbocycles. The Morgan fingerprint density at radius 1 is 1.38 bits per heavy atom. The molecule has 0 spiro atoms. The van der Waals surface area contributed by atoms with Gasteiger partial charge in [-0.3, -0.25) is 0 Å². The number of ether oxygens (including phenoxy) is 1. The van der Waals surface area contributed by atoms with Crippen LogP contribution >= 0.6 is 11.3 Å². The van der Waals surface area contributed by atoms with E-state index in [2.05, 4.69) is 10.3 Å². The van der Waals surface area contributed by atoms with Gasteiger partial charge in [0.15, 0.2) is 5.13 Å². The van der Waals surface area contributed by atoms with Gasteiger partial charge in [-0.2, -0.15) is 0 Å². The maximum absolute atomic E-state index is 11.5. The van der Waals surface area contributed by atoms with Gasteiger partial charge < -0.3 is 10.1 Å². The number of nitrogens with zero attached hydrogens (tertiary/aromatic N) is 1. The topological polar surface area (TPSA) is 51.2 Å². The van der Waals surface area contributed by atoms with Crippen molar-refractivity contribution in [2.24, 2.45) is 0 Å². The Hall–Kier alpha value is -1.88. The van der Waals surface area contributed by atoms with Gasteiger partial charge in [0.1, 0.15) is 0 Å². The number of cyclic esters (lactones) is 1. The fourth-order valence-corrected chi connectivity index (χ4v) is 2.21. The maximum Gasteiger partial charge on any atom is 0.340 e. The lowest BCUT2D eigenvalue weighted by molar-refractivity contribution is 0.0437. The molecule has 0 saturated carbocycles. The summed E-state index contributed by atoms with van der Waals surface area (Å²) in [7, 11) is 0. The van der Waals surface area contributed by atoms with Gasteiger partial charge in [-0.1, -0.05) is 18.2 Å². The second kappa shape index (κ2) is 3.61. The molecule has 1 aromatic heterocycles. The first-order chi connectivity index (χ1) is 7.84. The molecule has 16 heavy (non-hydrogen) atoms. The molecule has 4 nitrogen and oxygen atoms in total. The van der Waals surface area contributed by atoms with Crippen molar-refractivity contribution in [1.29, 1.82) is 0 Å². The molecule has 3 rings (SSSR count). The fourth-order valence-electron chi connectivity index (χ4n) is 1.66. The number of hydrogen-bond acceptors (Lipinski definition) is 5. The van der Waals surface area contributed by atoms with Gasteiger partial charge in [-0.15, -0.1) is 11.3 Å². The Balaban J connectivity index is 1.92. The number of rotatable bonds is 2. The number of thiazole rings is 1. The van der Waals surface area contributed by atoms with E-state index in [0.29, 0.717) is 5.56 Å². The summed E-state index contributed by atoms with van der Waals surface area (Å²) >= 11 is 1.47. The lowest BCUT2D eigenvalue weighted by Crippen LogP contribution is -2.09. The molecule has 0 aliphatic carbocycles. The molecule has 1 atom stereocenters. The first kappa shape index (κ1) is 9.35. The SMILES string of the molecule is O=C1O[C@@H](Nc2nccs2)c2ccccc21. The summed E-state index contributed by atoms with van der Waals surface area (Å²) in [6, 6.07) is 7.36. The second-order valence-corrected chi connectivity index (χ2v) is 4.25. The number of aromatic nitrogens is 1. The summed E-state index contributed by atoms with van der Waals surface area (Å²) in [6.45, 7) is 0. The molecule has 1 N–H and O–H groups in total. The molecule has 1 aliphatic heterocycles. The summed E-state index contributed by atoms with van der Waals surface area (Å²) < 4.78 is 5.22. The van der Waals surface area contributed by atoms with Crippen LogP contribution in [-0.4, -0.2) is 11.0 Å². The molecule has 1 aliphatic rings. The number of fused-ring (bicyclic) bond motifs is 1. The lowest BCUT2D eigenvalue weighted by Gasteiger charge is -2.11. The monoisotopic (exact) mass is 232 g/mol. The van der Waals surface area contributed by atoms with Crippen LogP contribution in [0.15, 0.2) is 35.8 Å². The largest absolute Gasteiger partial charge is 0.434 e. The predicted molar refractivity (Wildman–Crippen MR) is 60.3 cm³/mol. The van der Waals surface area contributed by atoms with Crippen LogP contribution in [-0.2, 0) is 4.74 Å². The van der Waals surface area contributed by atoms with E-state index in [4.69, 9.17) is 4.74 Å². The third kappa shape index (κ3) is 1.45. The van der Waals surface area contributed by atoms with E-state index in [0.717, 1.165) is 10.7 Å². The van der Waals surface area contributed by atoms with Crippen LogP contribution < -0.4 is 5.32 Å². The van der Waals surface area contributed by atoms with E-state index in [1.165, 1.54) is 11.3 Å². The number of esters is 1. The molecule has 0 saturated heterocycles. The van der Waals surface area contributed by atoms with Crippen LogP contribution in [0.25, 0.3) is 0 Å². The molecule has 2 aromatic rings. The zero-order valence-corrected chi connectivity index (χ0v) is 9.03. The molecule has 0 radical (unpaired) electrons. The summed E-state index contributed by atoms with van der Waals surface area (Å²) in [6.07, 6.45) is 1.28. The van der Waals surface area contributed by atoms with E-state index >= 15 is 0 Å². The zero-order chi connectivity index (χ0) is 11.0. The second-order valence-electron chi connectivity index (χ2n) is 3.35. The maximum atomic E-state index is 11.5. The predicted octanol–water partition coefficient (Wildman–Crippen LogP) is 2.42. The van der Waals surface area contributed by atoms with Crippen molar-refractivity contribution in [2.75, 3.05) is 5.32 Å². The molecular formula is C11H8N2O2S. The Morgan fingerprint density at radius 2 is 2.25 bits per heavy atom. The van der Waals surface area contributed by atoms with Crippen LogP contribution in [0.2, 0.25) is 0 Å². The van der Waals surface area contributed by atoms with E-state index in [1.807, 2.05) is 23.6 Å². The van der Waals surface area contributed by atoms with Crippen molar-refractivity contribution in [3.63, 3.8) is 0 Å². The summed E-state index contributed by atoms with van der Waals surface area (Å²) in [5.41, 5.74) is 1.49. The van der Waals surface area contributed by atoms with Crippen LogP contribution in [0.3, 0.4) is 0 Å². The Labute approximate surface area is 95.9 Å². The van der Waals surface area contributed by atoms with Crippen molar-refractivity contribution in [3.05, 3.63) is 47.0 Å². The average molecular weight is 232 g/mol. The zero-order valence-electron chi connectivity index (χ0n) is 8.21. The van der Waals surface area contributed by atoms with E-state index in [-0.39, 0.29) is 5.97 Å². The van der Waals surface area contributed by atoms with Gasteiger partial charge in [0.05, 0.1) is 5.56 Å². The molecule has 80 valence electrons. The summed E-state index contributed by atoms with van der Waals surface area (Å²) in [5, 5.41) is 5.68. The van der Waals surface area contributed by atoms with Crippen molar-refractivity contribution in [1.82, 2.24) is 4.98 Å². The van der Waals surface area contributed by atoms with Crippen LogP contribution in [0.4, 0.5) is 5.13 Å². The fraction of sp³-hybridized carbons (Fsp3) is 0.0909. The quantitative estimate of drug-likeness (QED) is 0.808. The molecule has 0 bridgehead atoms. The third-order valence-corrected chi connectivity index (χ3v) is 3.08. The highest BCUT2D eigenvalue weighted by molar-refractivity contribution is 7.13. The Kier molecular flexibility index (Phi) is 2.11. The minimum atomic E-state index is -0.421. The summed E-state index contributed by atoms with van der Waals surface area (Å²) in [4.78, 5) is 15.6. The highest BCUT2D eigenvalue weighted by atomic mass is 32.1. The van der Waals surface area contributed by atoms with Crippen molar-refractivity contribution < 1.29 is 9.53 Å². The van der Waals surface area contributed by atoms with Gasteiger partial charge in [-0.05, 0) is 6.07 Å². The van der Waals surface area contributed by atoms with Crippen molar-refractivity contribution >= 4 is 22.4 Å². The molecule has 0 unspecified atom stereocenters. The standard InChI is InChI=1S/C11H8N2O2S/c14-10-8-4-2-1-3-7(8)9(15-10)13-11-12-5-6-16-11/h1-6,9H,(H,12,13)/t9-/m1/s1. The highest BCUT2D eigenvalue weighted by Crippen LogP contribution is 2.31. The van der Waals surface area contributed by atoms with Crippen LogP contribution in [0, 0.1) is 0 Å². The third-order valence-electron chi connectivity index (χ3n) is 2.37. The Morgan fingerprint density at radius 3 is 3.06 bits per heavy atom. The van der Waals surface area contributed by atoms with Crippen molar-refractivity contribution in [2.45, 2.75) is 6.23 Å². The molecular weight excluding hydrogens is 224 g/mol. The number of carbonyl (C=O) groups is 1. The minimum Gasteiger partial charge on any atom is -0.434 e. The van der Waals surface area contributed by atoms with Gasteiger partial charge >= 0.3 is 5.97 Å². The van der Waals surface area contributed by atoms with E-state index in [1.54, 1.807) is 12.3 Å². The van der Waals surface area contributed by atoms with Crippen molar-refractivity contribution in [3.8, 4) is 0 Å². The number of anilines is 1. The molecule has 0 amide bonds. The molecule has 0 fully saturated rings. The summed E-state index contributed by atoms with van der Waals surface area (Å²) in [5.74, 6) is -0.287. The van der Waals surface area contributed by atoms with Gasteiger partial charge in [0, 0.05) is 17.1 Å². The van der Waals surface area contributed by atoms with E-state index < -0.39 is 6.23 Å². The highest BCUT2D eigenvalue weighted by Gasteiger charge is 2.30. The molecule has 5 heteroatoms. The first-order valence-electron chi connectivity index (χ1n) is 4.80. The van der Waals surface area contributed by atoms with Crippen LogP contribution in [0.1, 0.15) is 22.1 Å². The smallest absolute Gasteiger partial charge is 0.340 e. The Bertz CT molecular complexity index is 525. The average Bonchev–Trinajstić information content (AvgIpc) is 2.90. The first-order valence-corrected chi connectivity index (χ1v) is 5.68. The number of carbonyl (C=O) groups excluding carboxylic acids is 1. The number of benzene rings is 1. The van der Waals surface area contributed by atoms with Gasteiger partial charge in [0.25, 0.3) is 0 Å². The number of nitrogens with one attached hydrogen (secondary N) is 1. The van der Waals surface area contributed by atoms with Gasteiger partial charge in [0.2, 0.25) is 6.23 Å². The lowest BCUT2D eigenvalue weighted by atomic mass is 10.1. The van der Waals surface area contributed by atoms with Crippen LogP contribution in [0.5, 0.6) is 0 Å². The molecule has 2 heterocycles. The minimum absolute atomic E-state index is 0.287.